The van der Waals surface area contributed by atoms with Crippen LogP contribution in [0.15, 0.2) is 42.5 Å². The van der Waals surface area contributed by atoms with Gasteiger partial charge in [0.15, 0.2) is 11.5 Å². The van der Waals surface area contributed by atoms with Crippen molar-refractivity contribution in [2.24, 2.45) is 5.41 Å². The molecule has 2 aromatic carbocycles. The van der Waals surface area contributed by atoms with Gasteiger partial charge in [-0.15, -0.1) is 0 Å². The van der Waals surface area contributed by atoms with Crippen LogP contribution < -0.4 is 9.47 Å². The van der Waals surface area contributed by atoms with Gasteiger partial charge in [0, 0.05) is 12.0 Å². The lowest BCUT2D eigenvalue weighted by atomic mass is 9.85. The van der Waals surface area contributed by atoms with Gasteiger partial charge in [-0.3, -0.25) is 4.79 Å². The van der Waals surface area contributed by atoms with E-state index < -0.39 is 5.41 Å². The van der Waals surface area contributed by atoms with Crippen molar-refractivity contribution in [2.45, 2.75) is 33.2 Å². The minimum Gasteiger partial charge on any atom is -0.493 e. The molecular weight excluding hydrogens is 326 g/mol. The molecule has 0 unspecified atom stereocenters. The normalized spacial score (nSPS) is 16.8. The first-order chi connectivity index (χ1) is 12.4. The van der Waals surface area contributed by atoms with Gasteiger partial charge in [0.1, 0.15) is 0 Å². The zero-order valence-electron chi connectivity index (χ0n) is 16.2. The Balaban J connectivity index is 2.17. The van der Waals surface area contributed by atoms with Crippen LogP contribution in [0.3, 0.4) is 0 Å². The molecular formula is C22H27NO3. The largest absolute Gasteiger partial charge is 0.493 e. The van der Waals surface area contributed by atoms with Gasteiger partial charge in [0.2, 0.25) is 5.91 Å². The van der Waals surface area contributed by atoms with E-state index >= 15 is 0 Å². The molecule has 0 saturated carbocycles. The summed E-state index contributed by atoms with van der Waals surface area (Å²) in [5, 5.41) is 0. The maximum Gasteiger partial charge on any atom is 0.228 e. The second-order valence-electron chi connectivity index (χ2n) is 7.72. The van der Waals surface area contributed by atoms with E-state index in [4.69, 9.17) is 9.47 Å². The van der Waals surface area contributed by atoms with Crippen LogP contribution in [-0.4, -0.2) is 31.6 Å². The zero-order chi connectivity index (χ0) is 18.9. The van der Waals surface area contributed by atoms with Crippen LogP contribution in [0.2, 0.25) is 0 Å². The van der Waals surface area contributed by atoms with Crippen molar-refractivity contribution in [1.29, 1.82) is 0 Å². The molecule has 0 aliphatic carbocycles. The van der Waals surface area contributed by atoms with Crippen molar-refractivity contribution in [1.82, 2.24) is 4.90 Å². The maximum absolute atomic E-state index is 13.2. The topological polar surface area (TPSA) is 38.8 Å². The van der Waals surface area contributed by atoms with Crippen molar-refractivity contribution < 1.29 is 14.3 Å². The molecule has 2 aromatic rings. The van der Waals surface area contributed by atoms with Crippen molar-refractivity contribution in [2.75, 3.05) is 20.8 Å². The molecule has 0 aromatic heterocycles. The molecule has 4 heteroatoms. The van der Waals surface area contributed by atoms with E-state index in [9.17, 15) is 4.79 Å². The predicted molar refractivity (Wildman–Crippen MR) is 103 cm³/mol. The van der Waals surface area contributed by atoms with Gasteiger partial charge in [-0.05, 0) is 35.2 Å². The fraction of sp³-hybridized carbons (Fsp3) is 0.409. The zero-order valence-corrected chi connectivity index (χ0v) is 16.2. The molecule has 26 heavy (non-hydrogen) atoms. The first-order valence-corrected chi connectivity index (χ1v) is 8.97. The van der Waals surface area contributed by atoms with Gasteiger partial charge < -0.3 is 14.4 Å². The predicted octanol–water partition coefficient (Wildman–Crippen LogP) is 4.22. The summed E-state index contributed by atoms with van der Waals surface area (Å²) in [6, 6.07) is 14.1. The summed E-state index contributed by atoms with van der Waals surface area (Å²) in [5.74, 6) is 1.58. The Labute approximate surface area is 155 Å². The molecule has 0 bridgehead atoms. The molecule has 0 fully saturated rings. The Morgan fingerprint density at radius 3 is 2.23 bits per heavy atom. The van der Waals surface area contributed by atoms with Crippen LogP contribution in [0.4, 0.5) is 0 Å². The lowest BCUT2D eigenvalue weighted by Crippen LogP contribution is -2.45. The SMILES string of the molecule is COc1cc2c(cc1OC)[C@H](c1ccccc1)N(C(=O)C(C)(C)C)CC2. The van der Waals surface area contributed by atoms with Crippen molar-refractivity contribution in [3.8, 4) is 11.5 Å². The van der Waals surface area contributed by atoms with Gasteiger partial charge in [-0.1, -0.05) is 51.1 Å². The van der Waals surface area contributed by atoms with Gasteiger partial charge in [0.25, 0.3) is 0 Å². The fourth-order valence-corrected chi connectivity index (χ4v) is 3.59. The number of hydrogen-bond donors (Lipinski definition) is 0. The lowest BCUT2D eigenvalue weighted by molar-refractivity contribution is -0.141. The number of fused-ring (bicyclic) bond motifs is 1. The minimum absolute atomic E-state index is 0.119. The van der Waals surface area contributed by atoms with Crippen molar-refractivity contribution >= 4 is 5.91 Å². The van der Waals surface area contributed by atoms with E-state index in [0.717, 1.165) is 23.3 Å². The number of hydrogen-bond acceptors (Lipinski definition) is 3. The number of nitrogens with zero attached hydrogens (tertiary/aromatic N) is 1. The van der Waals surface area contributed by atoms with Gasteiger partial charge in [-0.2, -0.15) is 0 Å². The molecule has 4 nitrogen and oxygen atoms in total. The summed E-state index contributed by atoms with van der Waals surface area (Å²) in [6.45, 7) is 6.61. The summed E-state index contributed by atoms with van der Waals surface area (Å²) in [7, 11) is 3.29. The Morgan fingerprint density at radius 2 is 1.65 bits per heavy atom. The molecule has 0 spiro atoms. The molecule has 1 aliphatic rings. The van der Waals surface area contributed by atoms with Crippen LogP contribution >= 0.6 is 0 Å². The van der Waals surface area contributed by atoms with E-state index in [1.807, 2.05) is 56.0 Å². The summed E-state index contributed by atoms with van der Waals surface area (Å²) >= 11 is 0. The Bertz CT molecular complexity index is 793. The fourth-order valence-electron chi connectivity index (χ4n) is 3.59. The van der Waals surface area contributed by atoms with Crippen LogP contribution in [0.5, 0.6) is 11.5 Å². The average molecular weight is 353 g/mol. The van der Waals surface area contributed by atoms with Crippen LogP contribution in [0.1, 0.15) is 43.5 Å². The molecule has 138 valence electrons. The Morgan fingerprint density at radius 1 is 1.04 bits per heavy atom. The minimum atomic E-state index is -0.429. The summed E-state index contributed by atoms with van der Waals surface area (Å²) in [6.07, 6.45) is 0.806. The third-order valence-electron chi connectivity index (χ3n) is 4.89. The number of methoxy groups -OCH3 is 2. The molecule has 1 heterocycles. The van der Waals surface area contributed by atoms with E-state index in [1.165, 1.54) is 5.56 Å². The molecule has 1 amide bonds. The summed E-state index contributed by atoms with van der Waals surface area (Å²) < 4.78 is 11.0. The first kappa shape index (κ1) is 18.3. The third kappa shape index (κ3) is 3.28. The average Bonchev–Trinajstić information content (AvgIpc) is 2.65. The van der Waals surface area contributed by atoms with Crippen molar-refractivity contribution in [3.63, 3.8) is 0 Å². The van der Waals surface area contributed by atoms with E-state index in [1.54, 1.807) is 14.2 Å². The third-order valence-corrected chi connectivity index (χ3v) is 4.89. The van der Waals surface area contributed by atoms with E-state index in [2.05, 4.69) is 12.1 Å². The number of benzene rings is 2. The monoisotopic (exact) mass is 353 g/mol. The smallest absolute Gasteiger partial charge is 0.228 e. The molecule has 0 saturated heterocycles. The first-order valence-electron chi connectivity index (χ1n) is 8.97. The van der Waals surface area contributed by atoms with Gasteiger partial charge in [0.05, 0.1) is 20.3 Å². The van der Waals surface area contributed by atoms with Crippen LogP contribution in [0.25, 0.3) is 0 Å². The number of rotatable bonds is 3. The molecule has 0 N–H and O–H groups in total. The number of ether oxygens (including phenoxy) is 2. The quantitative estimate of drug-likeness (QED) is 0.829. The Kier molecular flexibility index (Phi) is 4.94. The molecule has 3 rings (SSSR count). The van der Waals surface area contributed by atoms with Crippen LogP contribution in [0, 0.1) is 5.41 Å². The molecule has 1 atom stereocenters. The van der Waals surface area contributed by atoms with E-state index in [-0.39, 0.29) is 11.9 Å². The number of carbonyl (C=O) groups excluding carboxylic acids is 1. The summed E-state index contributed by atoms with van der Waals surface area (Å²) in [5.41, 5.74) is 2.99. The highest BCUT2D eigenvalue weighted by atomic mass is 16.5. The summed E-state index contributed by atoms with van der Waals surface area (Å²) in [4.78, 5) is 15.2. The van der Waals surface area contributed by atoms with E-state index in [0.29, 0.717) is 12.3 Å². The highest BCUT2D eigenvalue weighted by molar-refractivity contribution is 5.83. The maximum atomic E-state index is 13.2. The van der Waals surface area contributed by atoms with Crippen LogP contribution in [-0.2, 0) is 11.2 Å². The molecule has 0 radical (unpaired) electrons. The number of amides is 1. The second-order valence-corrected chi connectivity index (χ2v) is 7.72. The van der Waals surface area contributed by atoms with Crippen molar-refractivity contribution in [3.05, 3.63) is 59.2 Å². The highest BCUT2D eigenvalue weighted by Gasteiger charge is 2.37. The standard InChI is InChI=1S/C22H27NO3/c1-22(2,3)21(24)23-12-11-16-13-18(25-4)19(26-5)14-17(16)20(23)15-9-7-6-8-10-15/h6-10,13-14,20H,11-12H2,1-5H3/t20-/m0/s1. The lowest BCUT2D eigenvalue weighted by Gasteiger charge is -2.41. The second kappa shape index (κ2) is 7.02. The van der Waals surface area contributed by atoms with Gasteiger partial charge >= 0.3 is 0 Å². The Hall–Kier alpha value is -2.49. The van der Waals surface area contributed by atoms with Gasteiger partial charge in [-0.25, -0.2) is 0 Å². The highest BCUT2D eigenvalue weighted by Crippen LogP contribution is 2.42. The molecule has 1 aliphatic heterocycles. The number of carbonyl (C=O) groups is 1.